The highest BCUT2D eigenvalue weighted by Crippen LogP contribution is 2.34. The van der Waals surface area contributed by atoms with Gasteiger partial charge < -0.3 is 70.8 Å². The number of H-pyrrole nitrogens is 2. The number of fused-ring (bicyclic) bond motifs is 2. The van der Waals surface area contributed by atoms with Crippen LogP contribution in [0.2, 0.25) is 25.2 Å². The van der Waals surface area contributed by atoms with E-state index in [0.717, 1.165) is 175 Å². The summed E-state index contributed by atoms with van der Waals surface area (Å²) < 4.78 is 17.5. The number of aromatic nitrogens is 6. The first-order chi connectivity index (χ1) is 48.3. The molecule has 4 aromatic heterocycles. The van der Waals surface area contributed by atoms with Crippen molar-refractivity contribution >= 4 is 133 Å². The van der Waals surface area contributed by atoms with Crippen molar-refractivity contribution in [2.45, 2.75) is 121 Å². The maximum Gasteiger partial charge on any atom is 0.309 e. The summed E-state index contributed by atoms with van der Waals surface area (Å²) in [5.74, 6) is 0.325. The summed E-state index contributed by atoms with van der Waals surface area (Å²) in [6.45, 7) is 20.7. The number of halogens is 8. The first-order valence-corrected chi connectivity index (χ1v) is 37.7. The third-order valence-electron chi connectivity index (χ3n) is 19.5. The zero-order valence-electron chi connectivity index (χ0n) is 60.3. The molecule has 0 spiro atoms. The fourth-order valence-corrected chi connectivity index (χ4v) is 12.8. The van der Waals surface area contributed by atoms with Crippen LogP contribution in [0.15, 0.2) is 134 Å². The lowest BCUT2D eigenvalue weighted by Gasteiger charge is -2.39. The minimum atomic E-state index is -0.648. The van der Waals surface area contributed by atoms with Crippen LogP contribution in [0.25, 0.3) is 22.1 Å². The number of nitrogens with zero attached hydrogens (tertiary/aromatic N) is 8. The summed E-state index contributed by atoms with van der Waals surface area (Å²) in [4.78, 5) is 42.5. The van der Waals surface area contributed by atoms with E-state index in [1.54, 1.807) is 12.5 Å². The molecule has 0 atom stereocenters. The summed E-state index contributed by atoms with van der Waals surface area (Å²) in [7, 11) is 6.35. The number of carboxylic acids is 1. The molecule has 568 valence electrons. The molecule has 0 amide bonds. The second-order valence-electron chi connectivity index (χ2n) is 28.5. The molecule has 9 heterocycles. The molecule has 5 aliphatic heterocycles. The highest BCUT2D eigenvalue weighted by molar-refractivity contribution is 9.08. The van der Waals surface area contributed by atoms with Crippen molar-refractivity contribution in [3.63, 3.8) is 0 Å². The Bertz CT molecular complexity index is 3660. The van der Waals surface area contributed by atoms with E-state index in [0.29, 0.717) is 50.2 Å². The van der Waals surface area contributed by atoms with E-state index in [4.69, 9.17) is 93.9 Å². The van der Waals surface area contributed by atoms with E-state index in [-0.39, 0.29) is 41.3 Å². The Labute approximate surface area is 655 Å². The van der Waals surface area contributed by atoms with Gasteiger partial charge in [0.15, 0.2) is 0 Å². The number of aliphatic carboxylic acids is 1. The van der Waals surface area contributed by atoms with Gasteiger partial charge in [0.2, 0.25) is 0 Å². The molecule has 5 saturated heterocycles. The third kappa shape index (κ3) is 31.0. The minimum Gasteiger partial charge on any atom is -0.481 e. The van der Waals surface area contributed by atoms with Crippen molar-refractivity contribution in [3.05, 3.63) is 182 Å². The first kappa shape index (κ1) is 89.1. The van der Waals surface area contributed by atoms with Crippen molar-refractivity contribution in [1.29, 1.82) is 0 Å². The van der Waals surface area contributed by atoms with Gasteiger partial charge in [-0.05, 0) is 238 Å². The molecule has 0 aliphatic carbocycles. The second-order valence-corrected chi connectivity index (χ2v) is 31.1. The summed E-state index contributed by atoms with van der Waals surface area (Å²) in [6.07, 6.45) is 16.7. The van der Waals surface area contributed by atoms with E-state index < -0.39 is 11.4 Å². The molecule has 4 aromatic carbocycles. The van der Waals surface area contributed by atoms with Crippen molar-refractivity contribution in [2.75, 3.05) is 118 Å². The number of piperidine rings is 5. The number of aliphatic hydroxyl groups is 1. The number of nitrogens with two attached hydrogens (primary N) is 2. The van der Waals surface area contributed by atoms with Gasteiger partial charge in [0.25, 0.3) is 0 Å². The summed E-state index contributed by atoms with van der Waals surface area (Å²) >= 11 is 32.3. The Morgan fingerprint density at radius 3 is 1.27 bits per heavy atom. The molecule has 5 aliphatic rings. The topological polar surface area (TPSA) is 245 Å². The van der Waals surface area contributed by atoms with Gasteiger partial charge >= 0.3 is 5.97 Å². The van der Waals surface area contributed by atoms with Crippen LogP contribution in [-0.4, -0.2) is 185 Å². The number of hydrogen-bond acceptors (Lipinski definition) is 16. The van der Waals surface area contributed by atoms with Gasteiger partial charge in [-0.1, -0.05) is 136 Å². The second kappa shape index (κ2) is 44.7. The summed E-state index contributed by atoms with van der Waals surface area (Å²) in [6, 6.07) is 34.9. The number of carboxylic acid groups (broad SMARTS) is 1. The maximum absolute atomic E-state index is 10.8. The van der Waals surface area contributed by atoms with Crippen LogP contribution in [0.3, 0.4) is 0 Å². The number of likely N-dealkylation sites (tertiary alicyclic amines) is 3. The van der Waals surface area contributed by atoms with Gasteiger partial charge in [-0.15, -0.1) is 24.8 Å². The molecule has 0 radical (unpaired) electrons. The Morgan fingerprint density at radius 1 is 0.495 bits per heavy atom. The number of anilines is 1. The summed E-state index contributed by atoms with van der Waals surface area (Å²) in [5, 5.41) is 27.5. The molecular formula is C76H107BrCl7N13O6. The van der Waals surface area contributed by atoms with Gasteiger partial charge in [0.05, 0.1) is 55.8 Å². The number of carbonyl (C=O) groups is 1. The molecule has 13 rings (SSSR count). The van der Waals surface area contributed by atoms with E-state index >= 15 is 0 Å². The normalized spacial score (nSPS) is 18.0. The van der Waals surface area contributed by atoms with Crippen LogP contribution in [0, 0.1) is 16.2 Å². The lowest BCUT2D eigenvalue weighted by atomic mass is 9.81. The van der Waals surface area contributed by atoms with E-state index in [9.17, 15) is 4.79 Å². The zero-order chi connectivity index (χ0) is 72.9. The van der Waals surface area contributed by atoms with Gasteiger partial charge in [-0.25, -0.2) is 19.9 Å². The molecule has 0 unspecified atom stereocenters. The van der Waals surface area contributed by atoms with Gasteiger partial charge in [-0.3, -0.25) is 4.79 Å². The van der Waals surface area contributed by atoms with Crippen LogP contribution < -0.4 is 21.7 Å². The van der Waals surface area contributed by atoms with Gasteiger partial charge in [0.1, 0.15) is 34.9 Å². The quantitative estimate of drug-likeness (QED) is 0.0351. The number of aliphatic hydroxyl groups excluding tert-OH is 1. The molecule has 103 heavy (non-hydrogen) atoms. The molecule has 0 bridgehead atoms. The molecule has 19 nitrogen and oxygen atoms in total. The Morgan fingerprint density at radius 2 is 0.864 bits per heavy atom. The monoisotopic (exact) mass is 1620 g/mol. The first-order valence-electron chi connectivity index (χ1n) is 34.7. The number of hydrogen-bond donors (Lipinski definition) is 7. The standard InChI is InChI=1S/C19H22ClN5O.C15H22ClNO.C13H19ClN2O.C8H15NO2.C8H17NO.C7H6BrCl.C6H4ClN3.2ClH/c20-15-3-1-14(2-4-15)11-26-12-19(21)6-9-25(10-7-19)18-16-5-8-22-17(16)23-13-24-18;1-15(7-9-17(2)10-8-15)12-18-11-13-3-5-14(16)6-4-13;14-12-3-1-11(2-4-12)9-17-10-13(15)5-7-16-8-6-13;1-8(7(10)11)3-5-9(2)6-4-8;1-8(7-10)3-5-9(2)6-4-8;8-5-6-1-3-7(9)4-2-6;7-5-4-1-2-8-6(4)10-3-9-5;;/h1-5,8,13H,6-7,9-12,21H2,(H,22,23,24);3-6H,7-12H2,1-2H3;1-4,16H,5-10,15H2;3-6H2,1-2H3,(H,10,11);10H,3-7H2,1-2H3;1-4H,5H2;1-3H,(H,8,9,10);2*1H. The predicted molar refractivity (Wildman–Crippen MR) is 431 cm³/mol. The average Bonchev–Trinajstić information content (AvgIpc) is 1.79. The Kier molecular flexibility index (Phi) is 38.7. The van der Waals surface area contributed by atoms with Crippen LogP contribution >= 0.6 is 98.7 Å². The largest absolute Gasteiger partial charge is 0.481 e. The molecule has 0 saturated carbocycles. The van der Waals surface area contributed by atoms with Crippen molar-refractivity contribution in [1.82, 2.24) is 49.9 Å². The molecular weight excluding hydrogens is 1520 g/mol. The van der Waals surface area contributed by atoms with Crippen molar-refractivity contribution in [2.24, 2.45) is 27.7 Å². The predicted octanol–water partition coefficient (Wildman–Crippen LogP) is 15.9. The van der Waals surface area contributed by atoms with E-state index in [1.165, 1.54) is 43.4 Å². The number of ether oxygens (including phenoxy) is 3. The van der Waals surface area contributed by atoms with Gasteiger partial charge in [0, 0.05) is 68.6 Å². The SMILES string of the molecule is CN1CCC(C)(C(=O)O)CC1.CN1CCC(C)(CO)CC1.CN1CCC(C)(COCc2ccc(Cl)cc2)CC1.Cl.Cl.Clc1ccc(CBr)cc1.Clc1ncnc2[nH]ccc12.NC1(COCc2ccc(Cl)cc2)CCN(c2ncnc3[nH]ccc23)CC1.NC1(COCc2ccc(Cl)cc2)CCNCC1. The minimum absolute atomic E-state index is 0. The van der Waals surface area contributed by atoms with Crippen LogP contribution in [0.4, 0.5) is 5.82 Å². The van der Waals surface area contributed by atoms with E-state index in [1.807, 2.05) is 129 Å². The number of benzene rings is 4. The lowest BCUT2D eigenvalue weighted by Crippen LogP contribution is -2.53. The summed E-state index contributed by atoms with van der Waals surface area (Å²) in [5.41, 5.74) is 18.8. The van der Waals surface area contributed by atoms with Crippen LogP contribution in [0.1, 0.15) is 107 Å². The van der Waals surface area contributed by atoms with Crippen LogP contribution in [-0.2, 0) is 44.2 Å². The molecule has 5 fully saturated rings. The fourth-order valence-electron chi connectivity index (χ4n) is 11.7. The number of rotatable bonds is 16. The maximum atomic E-state index is 10.8. The Hall–Kier alpha value is -4.50. The highest BCUT2D eigenvalue weighted by Gasteiger charge is 2.36. The fraction of sp³-hybridized carbons (Fsp3) is 0.513. The molecule has 8 aromatic rings. The van der Waals surface area contributed by atoms with Crippen LogP contribution in [0.5, 0.6) is 0 Å². The number of nitrogens with one attached hydrogen (secondary N) is 3. The highest BCUT2D eigenvalue weighted by atomic mass is 79.9. The molecule has 9 N–H and O–H groups in total. The molecule has 27 heteroatoms. The third-order valence-corrected chi connectivity index (χ3v) is 21.5. The number of alkyl halides is 1. The average molecular weight is 1630 g/mol. The van der Waals surface area contributed by atoms with Crippen molar-refractivity contribution in [3.8, 4) is 0 Å². The van der Waals surface area contributed by atoms with Crippen molar-refractivity contribution < 1.29 is 29.2 Å². The number of aromatic amines is 2. The van der Waals surface area contributed by atoms with E-state index in [2.05, 4.69) is 98.7 Å². The van der Waals surface area contributed by atoms with Gasteiger partial charge in [-0.2, -0.15) is 0 Å². The zero-order valence-corrected chi connectivity index (χ0v) is 67.3. The smallest absolute Gasteiger partial charge is 0.309 e. The Balaban J connectivity index is 0.000000223. The lowest BCUT2D eigenvalue weighted by molar-refractivity contribution is -0.150.